The van der Waals surface area contributed by atoms with E-state index in [1.807, 2.05) is 31.2 Å². The molecule has 2 aromatic rings. The van der Waals surface area contributed by atoms with Gasteiger partial charge in [0.15, 0.2) is 0 Å². The average Bonchev–Trinajstić information content (AvgIpc) is 3.02. The largest absolute Gasteiger partial charge is 0.467 e. The third-order valence-corrected chi connectivity index (χ3v) is 3.84. The molecule has 2 rings (SSSR count). The molecular weight excluding hydrogens is 284 g/mol. The average molecular weight is 299 g/mol. The smallest absolute Gasteiger partial charge is 0.233 e. The van der Waals surface area contributed by atoms with Crippen LogP contribution in [0.3, 0.4) is 0 Å². The number of carbonyl (C=O) groups excluding carboxylic acids is 1. The van der Waals surface area contributed by atoms with E-state index in [1.165, 1.54) is 11.3 Å². The number of halogens is 1. The number of likely N-dealkylation sites (N-methyl/N-ethyl adjacent to an activating group) is 1. The summed E-state index contributed by atoms with van der Waals surface area (Å²) < 4.78 is 6.14. The van der Waals surface area contributed by atoms with E-state index in [9.17, 15) is 4.79 Å². The van der Waals surface area contributed by atoms with Crippen LogP contribution in [0, 0.1) is 0 Å². The van der Waals surface area contributed by atoms with E-state index >= 15 is 0 Å². The van der Waals surface area contributed by atoms with Gasteiger partial charge in [0.25, 0.3) is 0 Å². The van der Waals surface area contributed by atoms with Gasteiger partial charge in [0, 0.05) is 11.4 Å². The summed E-state index contributed by atoms with van der Waals surface area (Å²) in [6.07, 6.45) is 1.62. The Morgan fingerprint density at radius 3 is 2.89 bits per heavy atom. The summed E-state index contributed by atoms with van der Waals surface area (Å²) in [6.45, 7) is 2.74. The lowest BCUT2D eigenvalue weighted by molar-refractivity contribution is -0.120. The van der Waals surface area contributed by atoms with Crippen LogP contribution < -0.4 is 10.6 Å². The van der Waals surface area contributed by atoms with Gasteiger partial charge in [-0.25, -0.2) is 0 Å². The molecule has 4 nitrogen and oxygen atoms in total. The summed E-state index contributed by atoms with van der Waals surface area (Å²) in [7, 11) is 0. The van der Waals surface area contributed by atoms with Crippen LogP contribution >= 0.6 is 22.9 Å². The van der Waals surface area contributed by atoms with Gasteiger partial charge < -0.3 is 9.73 Å². The van der Waals surface area contributed by atoms with Gasteiger partial charge in [-0.2, -0.15) is 0 Å². The minimum atomic E-state index is -0.157. The van der Waals surface area contributed by atoms with Gasteiger partial charge in [-0.3, -0.25) is 10.1 Å². The number of hydrogen-bond acceptors (Lipinski definition) is 4. The molecular formula is C13H15ClN2O2S. The fourth-order valence-electron chi connectivity index (χ4n) is 1.73. The molecule has 0 aromatic carbocycles. The van der Waals surface area contributed by atoms with E-state index in [2.05, 4.69) is 10.6 Å². The second-order valence-electron chi connectivity index (χ2n) is 3.92. The van der Waals surface area contributed by atoms with Crippen molar-refractivity contribution in [3.05, 3.63) is 45.5 Å². The van der Waals surface area contributed by atoms with Crippen molar-refractivity contribution in [3.8, 4) is 0 Å². The molecule has 0 bridgehead atoms. The fourth-order valence-corrected chi connectivity index (χ4v) is 2.88. The Morgan fingerprint density at radius 1 is 1.47 bits per heavy atom. The van der Waals surface area contributed by atoms with E-state index in [1.54, 1.807) is 6.26 Å². The highest BCUT2D eigenvalue weighted by Crippen LogP contribution is 2.31. The van der Waals surface area contributed by atoms with E-state index in [4.69, 9.17) is 16.0 Å². The van der Waals surface area contributed by atoms with Crippen molar-refractivity contribution in [2.45, 2.75) is 13.0 Å². The molecule has 1 atom stereocenters. The van der Waals surface area contributed by atoms with Gasteiger partial charge in [0.1, 0.15) is 11.8 Å². The Labute approximate surface area is 120 Å². The van der Waals surface area contributed by atoms with E-state index in [0.29, 0.717) is 10.9 Å². The molecule has 0 fully saturated rings. The number of amides is 1. The molecule has 0 aliphatic carbocycles. The van der Waals surface area contributed by atoms with Gasteiger partial charge in [-0.15, -0.1) is 11.3 Å². The molecule has 19 heavy (non-hydrogen) atoms. The van der Waals surface area contributed by atoms with Crippen LogP contribution in [0.4, 0.5) is 0 Å². The zero-order chi connectivity index (χ0) is 13.7. The van der Waals surface area contributed by atoms with Crippen LogP contribution in [0.25, 0.3) is 0 Å². The Kier molecular flexibility index (Phi) is 5.01. The molecule has 2 aromatic heterocycles. The molecule has 1 unspecified atom stereocenters. The lowest BCUT2D eigenvalue weighted by Crippen LogP contribution is -2.35. The van der Waals surface area contributed by atoms with E-state index in [-0.39, 0.29) is 18.5 Å². The third kappa shape index (κ3) is 3.83. The normalized spacial score (nSPS) is 12.3. The van der Waals surface area contributed by atoms with Gasteiger partial charge in [0.05, 0.1) is 17.1 Å². The number of rotatable bonds is 6. The van der Waals surface area contributed by atoms with Crippen molar-refractivity contribution >= 4 is 28.8 Å². The zero-order valence-electron chi connectivity index (χ0n) is 10.5. The second kappa shape index (κ2) is 6.75. The maximum Gasteiger partial charge on any atom is 0.233 e. The standard InChI is InChI=1S/C13H15ClN2O2S/c1-2-15-12(17)8-16-13(9-4-3-7-18-9)10-5-6-11(14)19-10/h3-7,13,16H,2,8H2,1H3,(H,15,17). The highest BCUT2D eigenvalue weighted by molar-refractivity contribution is 7.16. The minimum Gasteiger partial charge on any atom is -0.467 e. The van der Waals surface area contributed by atoms with Crippen LogP contribution in [0.5, 0.6) is 0 Å². The molecule has 0 radical (unpaired) electrons. The monoisotopic (exact) mass is 298 g/mol. The molecule has 102 valence electrons. The van der Waals surface area contributed by atoms with Crippen LogP contribution in [0.2, 0.25) is 4.34 Å². The molecule has 0 saturated carbocycles. The number of hydrogen-bond donors (Lipinski definition) is 2. The molecule has 0 saturated heterocycles. The topological polar surface area (TPSA) is 54.3 Å². The van der Waals surface area contributed by atoms with Crippen LogP contribution in [0.15, 0.2) is 34.9 Å². The van der Waals surface area contributed by atoms with Crippen molar-refractivity contribution in [1.82, 2.24) is 10.6 Å². The predicted molar refractivity (Wildman–Crippen MR) is 76.6 cm³/mol. The lowest BCUT2D eigenvalue weighted by atomic mass is 10.2. The zero-order valence-corrected chi connectivity index (χ0v) is 12.1. The first kappa shape index (κ1) is 14.1. The number of carbonyl (C=O) groups is 1. The molecule has 0 spiro atoms. The van der Waals surface area contributed by atoms with Gasteiger partial charge >= 0.3 is 0 Å². The molecule has 6 heteroatoms. The number of nitrogens with one attached hydrogen (secondary N) is 2. The summed E-state index contributed by atoms with van der Waals surface area (Å²) in [4.78, 5) is 12.5. The second-order valence-corrected chi connectivity index (χ2v) is 5.67. The first-order valence-corrected chi connectivity index (χ1v) is 7.19. The van der Waals surface area contributed by atoms with Crippen LogP contribution in [-0.4, -0.2) is 19.0 Å². The van der Waals surface area contributed by atoms with Crippen molar-refractivity contribution in [3.63, 3.8) is 0 Å². The lowest BCUT2D eigenvalue weighted by Gasteiger charge is -2.14. The maximum absolute atomic E-state index is 11.5. The van der Waals surface area contributed by atoms with Crippen molar-refractivity contribution < 1.29 is 9.21 Å². The Morgan fingerprint density at radius 2 is 2.32 bits per heavy atom. The quantitative estimate of drug-likeness (QED) is 0.862. The predicted octanol–water partition coefficient (Wildman–Crippen LogP) is 2.81. The Bertz CT molecular complexity index is 524. The van der Waals surface area contributed by atoms with E-state index in [0.717, 1.165) is 10.6 Å². The SMILES string of the molecule is CCNC(=O)CNC(c1ccco1)c1ccc(Cl)s1. The highest BCUT2D eigenvalue weighted by atomic mass is 35.5. The molecule has 0 aliphatic rings. The maximum atomic E-state index is 11.5. The molecule has 0 aliphatic heterocycles. The fraction of sp³-hybridized carbons (Fsp3) is 0.308. The third-order valence-electron chi connectivity index (χ3n) is 2.55. The van der Waals surface area contributed by atoms with Crippen molar-refractivity contribution in [2.75, 3.05) is 13.1 Å². The Hall–Kier alpha value is -1.30. The Balaban J connectivity index is 2.10. The molecule has 2 heterocycles. The van der Waals surface area contributed by atoms with E-state index < -0.39 is 0 Å². The first-order chi connectivity index (χ1) is 9.20. The first-order valence-electron chi connectivity index (χ1n) is 5.99. The summed E-state index contributed by atoms with van der Waals surface area (Å²) in [5.41, 5.74) is 0. The highest BCUT2D eigenvalue weighted by Gasteiger charge is 2.19. The minimum absolute atomic E-state index is 0.0401. The van der Waals surface area contributed by atoms with Crippen molar-refractivity contribution in [2.24, 2.45) is 0 Å². The molecule has 2 N–H and O–H groups in total. The summed E-state index contributed by atoms with van der Waals surface area (Å²) in [6, 6.07) is 7.32. The van der Waals surface area contributed by atoms with Crippen molar-refractivity contribution in [1.29, 1.82) is 0 Å². The number of furan rings is 1. The summed E-state index contributed by atoms with van der Waals surface area (Å²) in [5, 5.41) is 5.93. The molecule has 1 amide bonds. The number of thiophene rings is 1. The van der Waals surface area contributed by atoms with Gasteiger partial charge in [0.2, 0.25) is 5.91 Å². The van der Waals surface area contributed by atoms with Crippen LogP contribution in [0.1, 0.15) is 23.6 Å². The van der Waals surface area contributed by atoms with Gasteiger partial charge in [-0.1, -0.05) is 11.6 Å². The van der Waals surface area contributed by atoms with Crippen LogP contribution in [-0.2, 0) is 4.79 Å². The summed E-state index contributed by atoms with van der Waals surface area (Å²) in [5.74, 6) is 0.726. The van der Waals surface area contributed by atoms with Gasteiger partial charge in [-0.05, 0) is 31.2 Å². The summed E-state index contributed by atoms with van der Waals surface area (Å²) >= 11 is 7.43.